The topological polar surface area (TPSA) is 49.4 Å². The van der Waals surface area contributed by atoms with E-state index in [9.17, 15) is 9.59 Å². The minimum Gasteiger partial charge on any atom is -0.326 e. The predicted octanol–water partition coefficient (Wildman–Crippen LogP) is 3.33. The van der Waals surface area contributed by atoms with Crippen molar-refractivity contribution < 1.29 is 9.59 Å². The standard InChI is InChI=1S/C17H15ClN2O2/c18-13-6-8-14(9-7-13)19-17(22)12-10-16(21)20(11-12)15-4-2-1-3-5-15/h1-9,12H,10-11H2,(H,19,22)/t12-/m1/s1. The van der Waals surface area contributed by atoms with Crippen LogP contribution in [0.5, 0.6) is 0 Å². The molecule has 0 saturated carbocycles. The summed E-state index contributed by atoms with van der Waals surface area (Å²) in [4.78, 5) is 26.1. The number of para-hydroxylation sites is 1. The number of hydrogen-bond donors (Lipinski definition) is 1. The van der Waals surface area contributed by atoms with Gasteiger partial charge in [-0.15, -0.1) is 0 Å². The van der Waals surface area contributed by atoms with E-state index in [-0.39, 0.29) is 24.2 Å². The molecule has 0 aromatic heterocycles. The highest BCUT2D eigenvalue weighted by molar-refractivity contribution is 6.30. The molecule has 3 rings (SSSR count). The second-order valence-electron chi connectivity index (χ2n) is 5.24. The van der Waals surface area contributed by atoms with E-state index in [1.54, 1.807) is 29.2 Å². The van der Waals surface area contributed by atoms with E-state index in [0.717, 1.165) is 5.69 Å². The highest BCUT2D eigenvalue weighted by Gasteiger charge is 2.35. The number of carbonyl (C=O) groups excluding carboxylic acids is 2. The second kappa shape index (κ2) is 6.20. The predicted molar refractivity (Wildman–Crippen MR) is 87.0 cm³/mol. The molecule has 1 N–H and O–H groups in total. The van der Waals surface area contributed by atoms with Crippen LogP contribution >= 0.6 is 11.6 Å². The lowest BCUT2D eigenvalue weighted by Crippen LogP contribution is -2.28. The molecule has 1 aliphatic rings. The number of nitrogens with zero attached hydrogens (tertiary/aromatic N) is 1. The van der Waals surface area contributed by atoms with Gasteiger partial charge in [-0.25, -0.2) is 0 Å². The Morgan fingerprint density at radius 3 is 2.45 bits per heavy atom. The fraction of sp³-hybridized carbons (Fsp3) is 0.176. The fourth-order valence-corrected chi connectivity index (χ4v) is 2.64. The zero-order chi connectivity index (χ0) is 15.5. The molecule has 1 fully saturated rings. The van der Waals surface area contributed by atoms with Crippen LogP contribution in [-0.2, 0) is 9.59 Å². The normalized spacial score (nSPS) is 17.6. The Hall–Kier alpha value is -2.33. The van der Waals surface area contributed by atoms with Crippen LogP contribution in [0.4, 0.5) is 11.4 Å². The molecule has 1 atom stereocenters. The van der Waals surface area contributed by atoms with Crippen molar-refractivity contribution in [3.05, 3.63) is 59.6 Å². The van der Waals surface area contributed by atoms with Crippen LogP contribution < -0.4 is 10.2 Å². The molecule has 2 aromatic carbocycles. The van der Waals surface area contributed by atoms with Gasteiger partial charge in [0, 0.05) is 29.4 Å². The Morgan fingerprint density at radius 2 is 1.77 bits per heavy atom. The minimum atomic E-state index is -0.344. The number of carbonyl (C=O) groups is 2. The molecule has 1 aliphatic heterocycles. The summed E-state index contributed by atoms with van der Waals surface area (Å²) in [5.41, 5.74) is 1.51. The third-order valence-corrected chi connectivity index (χ3v) is 3.93. The van der Waals surface area contributed by atoms with E-state index >= 15 is 0 Å². The number of hydrogen-bond acceptors (Lipinski definition) is 2. The zero-order valence-electron chi connectivity index (χ0n) is 11.8. The summed E-state index contributed by atoms with van der Waals surface area (Å²) in [6, 6.07) is 16.3. The lowest BCUT2D eigenvalue weighted by Gasteiger charge is -2.16. The quantitative estimate of drug-likeness (QED) is 0.944. The molecular weight excluding hydrogens is 300 g/mol. The Balaban J connectivity index is 1.67. The number of benzene rings is 2. The van der Waals surface area contributed by atoms with Crippen LogP contribution in [0.15, 0.2) is 54.6 Å². The van der Waals surface area contributed by atoms with Crippen molar-refractivity contribution in [2.24, 2.45) is 5.92 Å². The third-order valence-electron chi connectivity index (χ3n) is 3.68. The van der Waals surface area contributed by atoms with Crippen molar-refractivity contribution in [3.8, 4) is 0 Å². The van der Waals surface area contributed by atoms with Crippen molar-refractivity contribution in [3.63, 3.8) is 0 Å². The largest absolute Gasteiger partial charge is 0.326 e. The minimum absolute atomic E-state index is 0.0255. The van der Waals surface area contributed by atoms with Gasteiger partial charge in [-0.05, 0) is 36.4 Å². The lowest BCUT2D eigenvalue weighted by atomic mass is 10.1. The van der Waals surface area contributed by atoms with E-state index in [2.05, 4.69) is 5.32 Å². The van der Waals surface area contributed by atoms with E-state index in [1.807, 2.05) is 30.3 Å². The van der Waals surface area contributed by atoms with Gasteiger partial charge in [-0.1, -0.05) is 29.8 Å². The maximum atomic E-state index is 12.3. The summed E-state index contributed by atoms with van der Waals surface area (Å²) in [5, 5.41) is 3.44. The molecule has 22 heavy (non-hydrogen) atoms. The van der Waals surface area contributed by atoms with Crippen LogP contribution in [-0.4, -0.2) is 18.4 Å². The van der Waals surface area contributed by atoms with Gasteiger partial charge in [0.2, 0.25) is 11.8 Å². The Bertz CT molecular complexity index is 686. The van der Waals surface area contributed by atoms with Gasteiger partial charge in [0.05, 0.1) is 5.92 Å². The van der Waals surface area contributed by atoms with E-state index < -0.39 is 0 Å². The van der Waals surface area contributed by atoms with Crippen molar-refractivity contribution in [1.82, 2.24) is 0 Å². The summed E-state index contributed by atoms with van der Waals surface area (Å²) >= 11 is 5.82. The van der Waals surface area contributed by atoms with Crippen molar-refractivity contribution >= 4 is 34.8 Å². The second-order valence-corrected chi connectivity index (χ2v) is 5.67. The first kappa shape index (κ1) is 14.6. The monoisotopic (exact) mass is 314 g/mol. The van der Waals surface area contributed by atoms with Crippen LogP contribution in [0.1, 0.15) is 6.42 Å². The van der Waals surface area contributed by atoms with Gasteiger partial charge in [0.25, 0.3) is 0 Å². The Labute approximate surface area is 133 Å². The molecule has 1 heterocycles. The molecule has 112 valence electrons. The third kappa shape index (κ3) is 3.12. The van der Waals surface area contributed by atoms with Crippen LogP contribution in [0.25, 0.3) is 0 Å². The zero-order valence-corrected chi connectivity index (χ0v) is 12.6. The molecule has 2 aromatic rings. The highest BCUT2D eigenvalue weighted by atomic mass is 35.5. The summed E-state index contributed by atoms with van der Waals surface area (Å²) in [6.45, 7) is 0.405. The maximum absolute atomic E-state index is 12.3. The Kier molecular flexibility index (Phi) is 4.11. The molecule has 0 unspecified atom stereocenters. The molecule has 4 nitrogen and oxygen atoms in total. The molecular formula is C17H15ClN2O2. The average molecular weight is 315 g/mol. The first-order valence-electron chi connectivity index (χ1n) is 7.05. The van der Waals surface area contributed by atoms with Gasteiger partial charge >= 0.3 is 0 Å². The number of rotatable bonds is 3. The number of amides is 2. The average Bonchev–Trinajstić information content (AvgIpc) is 2.92. The lowest BCUT2D eigenvalue weighted by molar-refractivity contribution is -0.122. The molecule has 1 saturated heterocycles. The number of nitrogens with one attached hydrogen (secondary N) is 1. The van der Waals surface area contributed by atoms with Crippen LogP contribution in [0.2, 0.25) is 5.02 Å². The van der Waals surface area contributed by atoms with Crippen molar-refractivity contribution in [1.29, 1.82) is 0 Å². The van der Waals surface area contributed by atoms with E-state index in [0.29, 0.717) is 17.3 Å². The molecule has 0 bridgehead atoms. The van der Waals surface area contributed by atoms with Gasteiger partial charge in [-0.2, -0.15) is 0 Å². The van der Waals surface area contributed by atoms with Gasteiger partial charge in [-0.3, -0.25) is 9.59 Å². The van der Waals surface area contributed by atoms with E-state index in [4.69, 9.17) is 11.6 Å². The molecule has 2 amide bonds. The highest BCUT2D eigenvalue weighted by Crippen LogP contribution is 2.26. The van der Waals surface area contributed by atoms with Gasteiger partial charge in [0.1, 0.15) is 0 Å². The van der Waals surface area contributed by atoms with Crippen LogP contribution in [0, 0.1) is 5.92 Å². The van der Waals surface area contributed by atoms with Crippen molar-refractivity contribution in [2.75, 3.05) is 16.8 Å². The first-order valence-corrected chi connectivity index (χ1v) is 7.43. The number of anilines is 2. The molecule has 5 heteroatoms. The van der Waals surface area contributed by atoms with Gasteiger partial charge < -0.3 is 10.2 Å². The summed E-state index contributed by atoms with van der Waals surface area (Å²) in [5.74, 6) is -0.514. The smallest absolute Gasteiger partial charge is 0.229 e. The summed E-state index contributed by atoms with van der Waals surface area (Å²) in [7, 11) is 0. The Morgan fingerprint density at radius 1 is 1.09 bits per heavy atom. The molecule has 0 spiro atoms. The molecule has 0 radical (unpaired) electrons. The van der Waals surface area contributed by atoms with E-state index in [1.165, 1.54) is 0 Å². The van der Waals surface area contributed by atoms with Crippen molar-refractivity contribution in [2.45, 2.75) is 6.42 Å². The summed E-state index contributed by atoms with van der Waals surface area (Å²) < 4.78 is 0. The van der Waals surface area contributed by atoms with Gasteiger partial charge in [0.15, 0.2) is 0 Å². The fourth-order valence-electron chi connectivity index (χ4n) is 2.52. The first-order chi connectivity index (χ1) is 10.6. The SMILES string of the molecule is O=C(Nc1ccc(Cl)cc1)[C@@H]1CC(=O)N(c2ccccc2)C1. The molecule has 0 aliphatic carbocycles. The van der Waals surface area contributed by atoms with Crippen LogP contribution in [0.3, 0.4) is 0 Å². The maximum Gasteiger partial charge on any atom is 0.229 e. The number of halogens is 1. The summed E-state index contributed by atoms with van der Waals surface area (Å²) in [6.07, 6.45) is 0.230.